The highest BCUT2D eigenvalue weighted by Gasteiger charge is 2.27. The normalized spacial score (nSPS) is 21.8. The lowest BCUT2D eigenvalue weighted by Crippen LogP contribution is -2.53. The molecule has 0 spiro atoms. The Morgan fingerprint density at radius 3 is 2.47 bits per heavy atom. The number of hydrogen-bond acceptors (Lipinski definition) is 4. The first-order chi connectivity index (χ1) is 14.1. The fraction of sp³-hybridized carbons (Fsp3) is 0.909. The summed E-state index contributed by atoms with van der Waals surface area (Å²) < 4.78 is 5.54. The molecular formula is C22H44IN5O2. The Morgan fingerprint density at radius 2 is 1.87 bits per heavy atom. The Morgan fingerprint density at radius 1 is 1.17 bits per heavy atom. The number of hydrogen-bond donors (Lipinski definition) is 2. The van der Waals surface area contributed by atoms with Crippen LogP contribution in [-0.2, 0) is 9.53 Å². The lowest BCUT2D eigenvalue weighted by atomic mass is 9.92. The molecule has 2 rings (SSSR count). The van der Waals surface area contributed by atoms with E-state index in [1.165, 1.54) is 19.3 Å². The molecule has 30 heavy (non-hydrogen) atoms. The van der Waals surface area contributed by atoms with Crippen LogP contribution in [0.15, 0.2) is 4.99 Å². The molecule has 0 aromatic carbocycles. The van der Waals surface area contributed by atoms with E-state index in [1.807, 2.05) is 4.90 Å². The second-order valence-electron chi connectivity index (χ2n) is 8.51. The highest BCUT2D eigenvalue weighted by molar-refractivity contribution is 14.0. The molecule has 2 atom stereocenters. The van der Waals surface area contributed by atoms with E-state index in [4.69, 9.17) is 4.74 Å². The van der Waals surface area contributed by atoms with Gasteiger partial charge in [0.15, 0.2) is 5.96 Å². The summed E-state index contributed by atoms with van der Waals surface area (Å²) in [5, 5.41) is 6.84. The predicted molar refractivity (Wildman–Crippen MR) is 135 cm³/mol. The van der Waals surface area contributed by atoms with Gasteiger partial charge in [-0.1, -0.05) is 33.6 Å². The third-order valence-electron chi connectivity index (χ3n) is 6.45. The van der Waals surface area contributed by atoms with Gasteiger partial charge in [-0.25, -0.2) is 0 Å². The lowest BCUT2D eigenvalue weighted by molar-refractivity contribution is -0.132. The van der Waals surface area contributed by atoms with Crippen LogP contribution in [-0.4, -0.2) is 87.2 Å². The molecule has 2 fully saturated rings. The van der Waals surface area contributed by atoms with E-state index in [1.54, 1.807) is 7.05 Å². The summed E-state index contributed by atoms with van der Waals surface area (Å²) in [5.74, 6) is 2.32. The van der Waals surface area contributed by atoms with Crippen LogP contribution in [0.3, 0.4) is 0 Å². The SMILES string of the molecule is CCC(CC)C(CNC(=NC)NCCC(=O)N1CCCC(C)C1)N1CCOCC1.I. The van der Waals surface area contributed by atoms with Gasteiger partial charge >= 0.3 is 0 Å². The molecule has 1 amide bonds. The summed E-state index contributed by atoms with van der Waals surface area (Å²) in [5.41, 5.74) is 0. The molecule has 2 N–H and O–H groups in total. The molecule has 0 aromatic rings. The maximum absolute atomic E-state index is 12.5. The predicted octanol–water partition coefficient (Wildman–Crippen LogP) is 2.56. The molecule has 0 aromatic heterocycles. The molecule has 7 nitrogen and oxygen atoms in total. The first-order valence-electron chi connectivity index (χ1n) is 11.6. The number of guanidine groups is 1. The zero-order valence-electron chi connectivity index (χ0n) is 19.5. The molecule has 0 aliphatic carbocycles. The Hall–Kier alpha value is -0.610. The Labute approximate surface area is 200 Å². The van der Waals surface area contributed by atoms with Gasteiger partial charge in [-0.2, -0.15) is 0 Å². The maximum atomic E-state index is 12.5. The van der Waals surface area contributed by atoms with Gasteiger partial charge in [0.25, 0.3) is 0 Å². The van der Waals surface area contributed by atoms with E-state index >= 15 is 0 Å². The molecular weight excluding hydrogens is 493 g/mol. The highest BCUT2D eigenvalue weighted by Crippen LogP contribution is 2.19. The van der Waals surface area contributed by atoms with Crippen LogP contribution in [0.1, 0.15) is 52.9 Å². The number of amides is 1. The largest absolute Gasteiger partial charge is 0.379 e. The Kier molecular flexibility index (Phi) is 13.9. The number of carbonyl (C=O) groups is 1. The van der Waals surface area contributed by atoms with Crippen LogP contribution >= 0.6 is 24.0 Å². The number of likely N-dealkylation sites (tertiary alicyclic amines) is 1. The molecule has 2 heterocycles. The standard InChI is InChI=1S/C22H43N5O2.HI/c1-5-19(6-2)20(26-12-14-29-15-13-26)16-25-22(23-4)24-10-9-21(28)27-11-7-8-18(3)17-27;/h18-20H,5-17H2,1-4H3,(H2,23,24,25);1H. The van der Waals surface area contributed by atoms with Crippen molar-refractivity contribution in [2.75, 3.05) is 59.5 Å². The number of ether oxygens (including phenoxy) is 1. The number of rotatable bonds is 9. The third-order valence-corrected chi connectivity index (χ3v) is 6.45. The Bertz CT molecular complexity index is 510. The summed E-state index contributed by atoms with van der Waals surface area (Å²) in [6, 6.07) is 0.476. The quantitative estimate of drug-likeness (QED) is 0.269. The monoisotopic (exact) mass is 537 g/mol. The van der Waals surface area contributed by atoms with E-state index in [9.17, 15) is 4.79 Å². The number of morpholine rings is 1. The van der Waals surface area contributed by atoms with Gasteiger partial charge in [-0.3, -0.25) is 14.7 Å². The van der Waals surface area contributed by atoms with E-state index in [-0.39, 0.29) is 29.9 Å². The van der Waals surface area contributed by atoms with Gasteiger partial charge in [0.1, 0.15) is 0 Å². The van der Waals surface area contributed by atoms with Gasteiger partial charge in [-0.05, 0) is 24.7 Å². The van der Waals surface area contributed by atoms with Gasteiger partial charge < -0.3 is 20.3 Å². The van der Waals surface area contributed by atoms with Crippen molar-refractivity contribution in [3.05, 3.63) is 0 Å². The molecule has 2 aliphatic heterocycles. The van der Waals surface area contributed by atoms with E-state index in [2.05, 4.69) is 41.3 Å². The van der Waals surface area contributed by atoms with Crippen molar-refractivity contribution in [2.45, 2.75) is 58.9 Å². The minimum atomic E-state index is 0. The first-order valence-corrected chi connectivity index (χ1v) is 11.6. The minimum absolute atomic E-state index is 0. The van der Waals surface area contributed by atoms with Crippen molar-refractivity contribution >= 4 is 35.8 Å². The van der Waals surface area contributed by atoms with Crippen LogP contribution in [0.4, 0.5) is 0 Å². The second-order valence-corrected chi connectivity index (χ2v) is 8.51. The number of piperidine rings is 1. The van der Waals surface area contributed by atoms with Crippen molar-refractivity contribution < 1.29 is 9.53 Å². The topological polar surface area (TPSA) is 69.2 Å². The fourth-order valence-corrected chi connectivity index (χ4v) is 4.62. The zero-order chi connectivity index (χ0) is 21.1. The highest BCUT2D eigenvalue weighted by atomic mass is 127. The van der Waals surface area contributed by atoms with Crippen LogP contribution in [0.5, 0.6) is 0 Å². The average Bonchev–Trinajstić information content (AvgIpc) is 2.75. The fourth-order valence-electron chi connectivity index (χ4n) is 4.62. The molecule has 176 valence electrons. The first kappa shape index (κ1) is 27.4. The van der Waals surface area contributed by atoms with E-state index in [0.29, 0.717) is 30.8 Å². The molecule has 0 bridgehead atoms. The van der Waals surface area contributed by atoms with Crippen LogP contribution in [0.2, 0.25) is 0 Å². The molecule has 8 heteroatoms. The van der Waals surface area contributed by atoms with Crippen LogP contribution < -0.4 is 10.6 Å². The van der Waals surface area contributed by atoms with Crippen LogP contribution in [0, 0.1) is 11.8 Å². The lowest BCUT2D eigenvalue weighted by Gasteiger charge is -2.39. The van der Waals surface area contributed by atoms with Gasteiger partial charge in [0.2, 0.25) is 5.91 Å². The molecule has 2 saturated heterocycles. The van der Waals surface area contributed by atoms with E-state index in [0.717, 1.165) is 58.3 Å². The number of carbonyl (C=O) groups excluding carboxylic acids is 1. The van der Waals surface area contributed by atoms with Gasteiger partial charge in [0.05, 0.1) is 13.2 Å². The minimum Gasteiger partial charge on any atom is -0.379 e. The molecule has 2 aliphatic rings. The molecule has 0 radical (unpaired) electrons. The summed E-state index contributed by atoms with van der Waals surface area (Å²) in [7, 11) is 1.80. The molecule has 2 unspecified atom stereocenters. The number of nitrogens with zero attached hydrogens (tertiary/aromatic N) is 3. The maximum Gasteiger partial charge on any atom is 0.224 e. The number of aliphatic imine (C=N–C) groups is 1. The summed E-state index contributed by atoms with van der Waals surface area (Å²) in [4.78, 5) is 21.4. The smallest absolute Gasteiger partial charge is 0.224 e. The number of halogens is 1. The summed E-state index contributed by atoms with van der Waals surface area (Å²) >= 11 is 0. The van der Waals surface area contributed by atoms with Crippen molar-refractivity contribution in [1.82, 2.24) is 20.4 Å². The zero-order valence-corrected chi connectivity index (χ0v) is 21.8. The summed E-state index contributed by atoms with van der Waals surface area (Å²) in [6.45, 7) is 13.7. The van der Waals surface area contributed by atoms with Gasteiger partial charge in [0, 0.05) is 58.8 Å². The van der Waals surface area contributed by atoms with Crippen molar-refractivity contribution in [2.24, 2.45) is 16.8 Å². The molecule has 0 saturated carbocycles. The number of nitrogens with one attached hydrogen (secondary N) is 2. The van der Waals surface area contributed by atoms with Crippen molar-refractivity contribution in [3.63, 3.8) is 0 Å². The van der Waals surface area contributed by atoms with Crippen molar-refractivity contribution in [3.8, 4) is 0 Å². The van der Waals surface area contributed by atoms with Crippen LogP contribution in [0.25, 0.3) is 0 Å². The van der Waals surface area contributed by atoms with E-state index < -0.39 is 0 Å². The Balaban J connectivity index is 0.00000450. The summed E-state index contributed by atoms with van der Waals surface area (Å²) in [6.07, 6.45) is 5.23. The second kappa shape index (κ2) is 15.2. The van der Waals surface area contributed by atoms with Gasteiger partial charge in [-0.15, -0.1) is 24.0 Å². The van der Waals surface area contributed by atoms with Crippen molar-refractivity contribution in [1.29, 1.82) is 0 Å². The average molecular weight is 538 g/mol. The third kappa shape index (κ3) is 8.86.